The molecule has 1 aromatic heterocycles. The van der Waals surface area contributed by atoms with E-state index in [0.717, 1.165) is 24.6 Å². The van der Waals surface area contributed by atoms with Crippen LogP contribution in [0.25, 0.3) is 0 Å². The lowest BCUT2D eigenvalue weighted by Gasteiger charge is -2.35. The predicted molar refractivity (Wildman–Crippen MR) is 101 cm³/mol. The van der Waals surface area contributed by atoms with Gasteiger partial charge in [-0.15, -0.1) is 0 Å². The fraction of sp³-hybridized carbons (Fsp3) is 0.706. The molecule has 7 nitrogen and oxygen atoms in total. The number of carbonyl (C=O) groups excluding carboxylic acids is 1. The van der Waals surface area contributed by atoms with Crippen molar-refractivity contribution in [1.29, 1.82) is 0 Å². The second-order valence-corrected chi connectivity index (χ2v) is 8.22. The maximum atomic E-state index is 11.9. The van der Waals surface area contributed by atoms with Crippen molar-refractivity contribution in [3.8, 4) is 0 Å². The number of aromatic nitrogens is 2. The van der Waals surface area contributed by atoms with Gasteiger partial charge >= 0.3 is 0 Å². The van der Waals surface area contributed by atoms with E-state index in [1.54, 1.807) is 0 Å². The first-order chi connectivity index (χ1) is 11.9. The number of hydrogen-bond donors (Lipinski definition) is 2. The molecule has 3 rings (SSSR count). The summed E-state index contributed by atoms with van der Waals surface area (Å²) in [5, 5.41) is 3.41. The number of amides is 1. The molecule has 138 valence electrons. The monoisotopic (exact) mass is 365 g/mol. The van der Waals surface area contributed by atoms with Crippen LogP contribution in [-0.2, 0) is 14.3 Å². The van der Waals surface area contributed by atoms with Gasteiger partial charge in [-0.2, -0.15) is 17.6 Å². The molecule has 0 aliphatic carbocycles. The van der Waals surface area contributed by atoms with Crippen LogP contribution in [-0.4, -0.2) is 66.2 Å². The quantitative estimate of drug-likeness (QED) is 0.771. The minimum absolute atomic E-state index is 0.207. The van der Waals surface area contributed by atoms with E-state index in [-0.39, 0.29) is 10.7 Å². The Balaban J connectivity index is 1.77. The third kappa shape index (κ3) is 4.36. The highest BCUT2D eigenvalue weighted by atomic mass is 32.1. The minimum atomic E-state index is -0.357. The number of rotatable bonds is 5. The van der Waals surface area contributed by atoms with Crippen molar-refractivity contribution in [2.75, 3.05) is 49.6 Å². The van der Waals surface area contributed by atoms with Gasteiger partial charge in [0.25, 0.3) is 0 Å². The lowest BCUT2D eigenvalue weighted by atomic mass is 10.1. The molecule has 0 aromatic carbocycles. The Hall–Kier alpha value is -1.54. The lowest BCUT2D eigenvalue weighted by molar-refractivity contribution is -0.131. The highest BCUT2D eigenvalue weighted by Gasteiger charge is 2.26. The third-order valence-electron chi connectivity index (χ3n) is 4.55. The van der Waals surface area contributed by atoms with E-state index < -0.39 is 0 Å². The maximum absolute atomic E-state index is 11.9. The van der Waals surface area contributed by atoms with Crippen LogP contribution < -0.4 is 10.2 Å². The molecule has 1 aromatic rings. The zero-order valence-corrected chi connectivity index (χ0v) is 16.1. The average molecular weight is 366 g/mol. The zero-order valence-electron chi connectivity index (χ0n) is 15.2. The van der Waals surface area contributed by atoms with Crippen molar-refractivity contribution in [1.82, 2.24) is 14.9 Å². The Kier molecular flexibility index (Phi) is 5.38. The Morgan fingerprint density at radius 2 is 2.00 bits per heavy atom. The van der Waals surface area contributed by atoms with Gasteiger partial charge in [0, 0.05) is 43.4 Å². The summed E-state index contributed by atoms with van der Waals surface area (Å²) in [6.07, 6.45) is 0.553. The van der Waals surface area contributed by atoms with Gasteiger partial charge in [0.15, 0.2) is 0 Å². The topological polar surface area (TPSA) is 70.6 Å². The molecule has 2 saturated heterocycles. The second kappa shape index (κ2) is 7.37. The van der Waals surface area contributed by atoms with Crippen LogP contribution in [0.1, 0.15) is 32.9 Å². The molecule has 0 spiro atoms. The van der Waals surface area contributed by atoms with Gasteiger partial charge in [0.05, 0.1) is 24.9 Å². The first-order valence-electron chi connectivity index (χ1n) is 8.85. The Morgan fingerprint density at radius 1 is 1.32 bits per heavy atom. The number of nitrogens with one attached hydrogen (secondary N) is 1. The number of anilines is 2. The molecule has 0 radical (unpaired) electrons. The molecule has 25 heavy (non-hydrogen) atoms. The van der Waals surface area contributed by atoms with Crippen molar-refractivity contribution in [2.45, 2.75) is 38.0 Å². The molecule has 0 unspecified atom stereocenters. The second-order valence-electron chi connectivity index (χ2n) is 7.10. The third-order valence-corrected chi connectivity index (χ3v) is 4.78. The standard InChI is InChI=1S/C17H27N5O2S/c1-4-15(23)21-5-7-22(8-6-21)16-19-13(17(2,3)25)9-14(20-16)18-12-10-24-11-12/h9,12,25H,4-8,10-11H2,1-3H3,(H,18,19,20). The van der Waals surface area contributed by atoms with Crippen molar-refractivity contribution >= 4 is 30.3 Å². The summed E-state index contributed by atoms with van der Waals surface area (Å²) in [5.41, 5.74) is 0.885. The molecule has 0 bridgehead atoms. The summed E-state index contributed by atoms with van der Waals surface area (Å²) in [4.78, 5) is 25.3. The van der Waals surface area contributed by atoms with Gasteiger partial charge < -0.3 is 19.9 Å². The van der Waals surface area contributed by atoms with E-state index in [1.165, 1.54) is 0 Å². The summed E-state index contributed by atoms with van der Waals surface area (Å²) < 4.78 is 4.87. The fourth-order valence-corrected chi connectivity index (χ4v) is 2.99. The predicted octanol–water partition coefficient (Wildman–Crippen LogP) is 1.51. The van der Waals surface area contributed by atoms with Crippen molar-refractivity contribution in [3.63, 3.8) is 0 Å². The van der Waals surface area contributed by atoms with E-state index >= 15 is 0 Å². The lowest BCUT2D eigenvalue weighted by Crippen LogP contribution is -2.49. The number of thiol groups is 1. The van der Waals surface area contributed by atoms with E-state index in [1.807, 2.05) is 31.7 Å². The summed E-state index contributed by atoms with van der Waals surface area (Å²) >= 11 is 4.67. The van der Waals surface area contributed by atoms with Crippen molar-refractivity contribution in [3.05, 3.63) is 11.8 Å². The molecule has 2 aliphatic heterocycles. The van der Waals surface area contributed by atoms with Crippen LogP contribution in [0, 0.1) is 0 Å². The number of carbonyl (C=O) groups is 1. The first kappa shape index (κ1) is 18.3. The van der Waals surface area contributed by atoms with Crippen LogP contribution in [0.4, 0.5) is 11.8 Å². The van der Waals surface area contributed by atoms with Crippen LogP contribution in [0.3, 0.4) is 0 Å². The molecule has 1 amide bonds. The molecular formula is C17H27N5O2S. The molecule has 3 heterocycles. The molecule has 1 N–H and O–H groups in total. The van der Waals surface area contributed by atoms with Crippen LogP contribution in [0.15, 0.2) is 6.07 Å². The molecule has 2 fully saturated rings. The Morgan fingerprint density at radius 3 is 2.52 bits per heavy atom. The molecule has 0 atom stereocenters. The van der Waals surface area contributed by atoms with Crippen LogP contribution in [0.5, 0.6) is 0 Å². The summed E-state index contributed by atoms with van der Waals surface area (Å²) in [5.74, 6) is 1.71. The Bertz CT molecular complexity index is 622. The largest absolute Gasteiger partial charge is 0.377 e. The van der Waals surface area contributed by atoms with Crippen LogP contribution in [0.2, 0.25) is 0 Å². The molecular weight excluding hydrogens is 338 g/mol. The smallest absolute Gasteiger partial charge is 0.227 e. The number of hydrogen-bond acceptors (Lipinski definition) is 7. The molecule has 2 aliphatic rings. The zero-order chi connectivity index (χ0) is 18.0. The van der Waals surface area contributed by atoms with Crippen LogP contribution >= 0.6 is 12.6 Å². The van der Waals surface area contributed by atoms with Gasteiger partial charge in [0.2, 0.25) is 11.9 Å². The van der Waals surface area contributed by atoms with E-state index in [2.05, 4.69) is 22.8 Å². The van der Waals surface area contributed by atoms with Crippen molar-refractivity contribution in [2.24, 2.45) is 0 Å². The maximum Gasteiger partial charge on any atom is 0.227 e. The van der Waals surface area contributed by atoms with Gasteiger partial charge in [-0.25, -0.2) is 4.98 Å². The average Bonchev–Trinajstić information content (AvgIpc) is 2.56. The number of ether oxygens (including phenoxy) is 1. The highest BCUT2D eigenvalue weighted by molar-refractivity contribution is 7.81. The van der Waals surface area contributed by atoms with Gasteiger partial charge in [-0.1, -0.05) is 6.92 Å². The fourth-order valence-electron chi connectivity index (χ4n) is 2.87. The summed E-state index contributed by atoms with van der Waals surface area (Å²) in [6.45, 7) is 10.3. The Labute approximate surface area is 154 Å². The summed E-state index contributed by atoms with van der Waals surface area (Å²) in [7, 11) is 0. The van der Waals surface area contributed by atoms with E-state index in [0.29, 0.717) is 44.7 Å². The van der Waals surface area contributed by atoms with Crippen molar-refractivity contribution < 1.29 is 9.53 Å². The SMILES string of the molecule is CCC(=O)N1CCN(c2nc(NC3COC3)cc(C(C)(C)S)n2)CC1. The summed E-state index contributed by atoms with van der Waals surface area (Å²) in [6, 6.07) is 2.27. The first-order valence-corrected chi connectivity index (χ1v) is 9.30. The number of nitrogens with zero attached hydrogens (tertiary/aromatic N) is 4. The van der Waals surface area contributed by atoms with Gasteiger partial charge in [-0.3, -0.25) is 4.79 Å². The van der Waals surface area contributed by atoms with E-state index in [9.17, 15) is 4.79 Å². The highest BCUT2D eigenvalue weighted by Crippen LogP contribution is 2.29. The molecule has 0 saturated carbocycles. The minimum Gasteiger partial charge on any atom is -0.377 e. The van der Waals surface area contributed by atoms with E-state index in [4.69, 9.17) is 14.7 Å². The normalized spacial score (nSPS) is 18.9. The van der Waals surface area contributed by atoms with Gasteiger partial charge in [-0.05, 0) is 13.8 Å². The molecule has 8 heteroatoms. The number of piperazine rings is 1. The van der Waals surface area contributed by atoms with Gasteiger partial charge in [0.1, 0.15) is 5.82 Å².